The van der Waals surface area contributed by atoms with E-state index in [4.69, 9.17) is 4.74 Å². The fraction of sp³-hybridized carbons (Fsp3) is 0.308. The predicted octanol–water partition coefficient (Wildman–Crippen LogP) is 4.39. The normalized spacial score (nSPS) is 11.8. The Morgan fingerprint density at radius 2 is 1.71 bits per heavy atom. The average Bonchev–Trinajstić information content (AvgIpc) is 3.20. The number of imidazole rings is 1. The molecule has 0 aliphatic heterocycles. The zero-order valence-corrected chi connectivity index (χ0v) is 20.5. The van der Waals surface area contributed by atoms with Crippen LogP contribution in [-0.2, 0) is 14.1 Å². The van der Waals surface area contributed by atoms with Crippen molar-refractivity contribution in [1.82, 2.24) is 28.9 Å². The summed E-state index contributed by atoms with van der Waals surface area (Å²) in [4.78, 5) is 22.6. The van der Waals surface area contributed by atoms with Crippen molar-refractivity contribution >= 4 is 21.9 Å². The standard InChI is InChI=1S/C26H28N6O2/c1-14(2)34-23-11-19(12-27-15(23)3)18-8-9-21-20(10-18)25-22(13-28-21)30(6)26(33)32(25)24-16(4)29-31(7)17(24)5/h8-14H,1-7H3. The SMILES string of the molecule is Cc1ncc(-c2ccc3ncc4c(c3c2)n(-c2c(C)nn(C)c2C)c(=O)n4C)cc1OC(C)C. The van der Waals surface area contributed by atoms with Crippen molar-refractivity contribution in [2.45, 2.75) is 40.7 Å². The summed E-state index contributed by atoms with van der Waals surface area (Å²) in [7, 11) is 3.67. The highest BCUT2D eigenvalue weighted by Crippen LogP contribution is 2.32. The van der Waals surface area contributed by atoms with Crippen molar-refractivity contribution < 1.29 is 4.74 Å². The molecule has 0 unspecified atom stereocenters. The summed E-state index contributed by atoms with van der Waals surface area (Å²) in [5.41, 5.74) is 7.57. The number of benzene rings is 1. The van der Waals surface area contributed by atoms with Crippen molar-refractivity contribution in [3.8, 4) is 22.6 Å². The van der Waals surface area contributed by atoms with E-state index in [2.05, 4.69) is 21.1 Å². The zero-order chi connectivity index (χ0) is 24.3. The van der Waals surface area contributed by atoms with Crippen LogP contribution in [-0.4, -0.2) is 35.0 Å². The van der Waals surface area contributed by atoms with Crippen LogP contribution in [0.5, 0.6) is 5.75 Å². The highest BCUT2D eigenvalue weighted by atomic mass is 16.5. The van der Waals surface area contributed by atoms with Gasteiger partial charge in [-0.05, 0) is 58.4 Å². The fourth-order valence-corrected chi connectivity index (χ4v) is 4.51. The van der Waals surface area contributed by atoms with Crippen molar-refractivity contribution in [3.63, 3.8) is 0 Å². The summed E-state index contributed by atoms with van der Waals surface area (Å²) < 4.78 is 11.2. The number of fused-ring (bicyclic) bond motifs is 3. The van der Waals surface area contributed by atoms with Crippen molar-refractivity contribution in [3.05, 3.63) is 64.2 Å². The molecule has 0 N–H and O–H groups in total. The molecule has 0 fully saturated rings. The largest absolute Gasteiger partial charge is 0.489 e. The first-order valence-corrected chi connectivity index (χ1v) is 11.3. The number of hydrogen-bond donors (Lipinski definition) is 0. The molecule has 0 aliphatic rings. The molecule has 174 valence electrons. The number of aryl methyl sites for hydroxylation is 4. The molecule has 0 aliphatic carbocycles. The Kier molecular flexibility index (Phi) is 5.04. The first-order chi connectivity index (χ1) is 16.2. The van der Waals surface area contributed by atoms with E-state index < -0.39 is 0 Å². The minimum Gasteiger partial charge on any atom is -0.489 e. The molecule has 0 spiro atoms. The minimum atomic E-state index is -0.126. The maximum atomic E-state index is 13.4. The third kappa shape index (κ3) is 3.29. The lowest BCUT2D eigenvalue weighted by Crippen LogP contribution is -2.21. The molecule has 5 rings (SSSR count). The van der Waals surface area contributed by atoms with Crippen molar-refractivity contribution in [2.75, 3.05) is 0 Å². The molecule has 8 nitrogen and oxygen atoms in total. The summed E-state index contributed by atoms with van der Waals surface area (Å²) in [5.74, 6) is 0.766. The van der Waals surface area contributed by atoms with Gasteiger partial charge in [-0.3, -0.25) is 23.8 Å². The number of aromatic nitrogens is 6. The molecule has 0 radical (unpaired) electrons. The van der Waals surface area contributed by atoms with E-state index in [0.29, 0.717) is 0 Å². The number of ether oxygens (including phenoxy) is 1. The number of hydrogen-bond acceptors (Lipinski definition) is 5. The van der Waals surface area contributed by atoms with E-state index in [1.807, 2.05) is 66.1 Å². The summed E-state index contributed by atoms with van der Waals surface area (Å²) in [6.07, 6.45) is 3.67. The predicted molar refractivity (Wildman–Crippen MR) is 134 cm³/mol. The van der Waals surface area contributed by atoms with Crippen LogP contribution in [0, 0.1) is 20.8 Å². The molecule has 0 bridgehead atoms. The zero-order valence-electron chi connectivity index (χ0n) is 20.5. The van der Waals surface area contributed by atoms with Crippen LogP contribution in [0.3, 0.4) is 0 Å². The molecule has 4 heterocycles. The third-order valence-corrected chi connectivity index (χ3v) is 6.31. The lowest BCUT2D eigenvalue weighted by Gasteiger charge is -2.13. The fourth-order valence-electron chi connectivity index (χ4n) is 4.51. The molecule has 0 amide bonds. The first-order valence-electron chi connectivity index (χ1n) is 11.3. The Bertz CT molecular complexity index is 1640. The van der Waals surface area contributed by atoms with Crippen LogP contribution in [0.15, 0.2) is 41.5 Å². The Labute approximate surface area is 197 Å². The number of pyridine rings is 2. The average molecular weight is 457 g/mol. The Balaban J connectivity index is 1.82. The highest BCUT2D eigenvalue weighted by molar-refractivity contribution is 6.04. The van der Waals surface area contributed by atoms with E-state index in [1.165, 1.54) is 0 Å². The Hall–Kier alpha value is -3.94. The van der Waals surface area contributed by atoms with Gasteiger partial charge in [0.25, 0.3) is 0 Å². The molecule has 4 aromatic heterocycles. The summed E-state index contributed by atoms with van der Waals surface area (Å²) in [5, 5.41) is 5.43. The van der Waals surface area contributed by atoms with Gasteiger partial charge in [0.2, 0.25) is 0 Å². The lowest BCUT2D eigenvalue weighted by molar-refractivity contribution is 0.240. The molecular weight excluding hydrogens is 428 g/mol. The quantitative estimate of drug-likeness (QED) is 0.401. The third-order valence-electron chi connectivity index (χ3n) is 6.31. The van der Waals surface area contributed by atoms with Crippen LogP contribution in [0.25, 0.3) is 38.8 Å². The molecule has 0 saturated carbocycles. The van der Waals surface area contributed by atoms with E-state index in [9.17, 15) is 4.79 Å². The van der Waals surface area contributed by atoms with E-state index in [-0.39, 0.29) is 11.8 Å². The van der Waals surface area contributed by atoms with E-state index in [1.54, 1.807) is 27.1 Å². The maximum Gasteiger partial charge on any atom is 0.333 e. The van der Waals surface area contributed by atoms with Crippen LogP contribution in [0.4, 0.5) is 0 Å². The molecule has 8 heteroatoms. The second kappa shape index (κ2) is 7.83. The van der Waals surface area contributed by atoms with Gasteiger partial charge in [0.05, 0.1) is 51.6 Å². The van der Waals surface area contributed by atoms with Gasteiger partial charge in [-0.25, -0.2) is 4.79 Å². The van der Waals surface area contributed by atoms with Gasteiger partial charge in [0, 0.05) is 31.2 Å². The molecule has 1 aromatic carbocycles. The number of nitrogens with zero attached hydrogens (tertiary/aromatic N) is 6. The molecular formula is C26H28N6O2. The Morgan fingerprint density at radius 1 is 0.941 bits per heavy atom. The van der Waals surface area contributed by atoms with Crippen molar-refractivity contribution in [2.24, 2.45) is 14.1 Å². The monoisotopic (exact) mass is 456 g/mol. The first kappa shape index (κ1) is 21.9. The van der Waals surface area contributed by atoms with Crippen LogP contribution >= 0.6 is 0 Å². The topological polar surface area (TPSA) is 79.8 Å². The highest BCUT2D eigenvalue weighted by Gasteiger charge is 2.21. The van der Waals surface area contributed by atoms with Crippen LogP contribution < -0.4 is 10.4 Å². The van der Waals surface area contributed by atoms with Gasteiger partial charge in [-0.2, -0.15) is 5.10 Å². The molecule has 0 saturated heterocycles. The van der Waals surface area contributed by atoms with Crippen LogP contribution in [0.1, 0.15) is 30.9 Å². The molecule has 5 aromatic rings. The number of rotatable bonds is 4. The molecule has 34 heavy (non-hydrogen) atoms. The van der Waals surface area contributed by atoms with Crippen LogP contribution in [0.2, 0.25) is 0 Å². The van der Waals surface area contributed by atoms with Gasteiger partial charge in [-0.1, -0.05) is 6.07 Å². The second-order valence-corrected chi connectivity index (χ2v) is 9.02. The van der Waals surface area contributed by atoms with E-state index in [0.717, 1.165) is 61.6 Å². The maximum absolute atomic E-state index is 13.4. The summed E-state index contributed by atoms with van der Waals surface area (Å²) in [6.45, 7) is 9.85. The summed E-state index contributed by atoms with van der Waals surface area (Å²) in [6, 6.07) is 8.11. The van der Waals surface area contributed by atoms with Gasteiger partial charge in [0.1, 0.15) is 5.75 Å². The Morgan fingerprint density at radius 3 is 2.38 bits per heavy atom. The summed E-state index contributed by atoms with van der Waals surface area (Å²) >= 11 is 0. The van der Waals surface area contributed by atoms with Crippen molar-refractivity contribution in [1.29, 1.82) is 0 Å². The second-order valence-electron chi connectivity index (χ2n) is 9.02. The minimum absolute atomic E-state index is 0.0564. The van der Waals surface area contributed by atoms with Gasteiger partial charge < -0.3 is 4.74 Å². The van der Waals surface area contributed by atoms with Gasteiger partial charge in [-0.15, -0.1) is 0 Å². The smallest absolute Gasteiger partial charge is 0.333 e. The lowest BCUT2D eigenvalue weighted by atomic mass is 10.0. The van der Waals surface area contributed by atoms with Gasteiger partial charge in [0.15, 0.2) is 0 Å². The van der Waals surface area contributed by atoms with E-state index >= 15 is 0 Å². The molecule has 0 atom stereocenters. The van der Waals surface area contributed by atoms with Gasteiger partial charge >= 0.3 is 5.69 Å².